The Morgan fingerprint density at radius 2 is 1.56 bits per heavy atom. The maximum atomic E-state index is 14.1. The first kappa shape index (κ1) is 29.2. The zero-order chi connectivity index (χ0) is 29.3. The highest BCUT2D eigenvalue weighted by Gasteiger charge is 2.46. The summed E-state index contributed by atoms with van der Waals surface area (Å²) in [5.41, 5.74) is 3.66. The molecule has 0 saturated heterocycles. The third-order valence-electron chi connectivity index (χ3n) is 8.42. The maximum absolute atomic E-state index is 14.1. The number of allylic oxidation sites excluding steroid dienone is 2. The predicted molar refractivity (Wildman–Crippen MR) is 158 cm³/mol. The highest BCUT2D eigenvalue weighted by molar-refractivity contribution is 9.10. The summed E-state index contributed by atoms with van der Waals surface area (Å²) in [6, 6.07) is 9.50. The van der Waals surface area contributed by atoms with E-state index in [4.69, 9.17) is 28.7 Å². The molecule has 41 heavy (non-hydrogen) atoms. The zero-order valence-electron chi connectivity index (χ0n) is 24.1. The van der Waals surface area contributed by atoms with E-state index in [2.05, 4.69) is 15.9 Å². The molecule has 1 saturated carbocycles. The number of Topliss-reactive ketones (excluding diaryl/α,β-unsaturated/α-hetero) is 1. The van der Waals surface area contributed by atoms with Gasteiger partial charge in [0.1, 0.15) is 12.0 Å². The Morgan fingerprint density at radius 3 is 2.22 bits per heavy atom. The molecule has 1 heterocycles. The average Bonchev–Trinajstić information content (AvgIpc) is 3.48. The summed E-state index contributed by atoms with van der Waals surface area (Å²) < 4.78 is 28.8. The predicted octanol–water partition coefficient (Wildman–Crippen LogP) is 6.54. The molecular weight excluding hydrogens is 590 g/mol. The second-order valence-electron chi connectivity index (χ2n) is 10.8. The largest absolute Gasteiger partial charge is 0.493 e. The van der Waals surface area contributed by atoms with Gasteiger partial charge in [-0.1, -0.05) is 6.07 Å². The maximum Gasteiger partial charge on any atom is 0.315 e. The van der Waals surface area contributed by atoms with Crippen LogP contribution >= 0.6 is 15.9 Å². The third kappa shape index (κ3) is 5.61. The van der Waals surface area contributed by atoms with E-state index in [1.807, 2.05) is 37.3 Å². The van der Waals surface area contributed by atoms with Crippen LogP contribution in [0.15, 0.2) is 51.1 Å². The number of aliphatic imine (C=N–C) groups is 1. The zero-order valence-corrected chi connectivity index (χ0v) is 25.7. The van der Waals surface area contributed by atoms with Gasteiger partial charge in [0.2, 0.25) is 0 Å². The number of ether oxygens (including phenoxy) is 5. The monoisotopic (exact) mass is 625 g/mol. The topological polar surface area (TPSA) is 92.7 Å². The van der Waals surface area contributed by atoms with Crippen LogP contribution in [-0.2, 0) is 14.3 Å². The van der Waals surface area contributed by atoms with Gasteiger partial charge in [-0.3, -0.25) is 14.6 Å². The minimum absolute atomic E-state index is 0.0307. The second-order valence-corrected chi connectivity index (χ2v) is 11.6. The van der Waals surface area contributed by atoms with Crippen molar-refractivity contribution in [2.75, 3.05) is 28.4 Å². The highest BCUT2D eigenvalue weighted by Crippen LogP contribution is 2.50. The Labute approximate surface area is 249 Å². The molecule has 0 bridgehead atoms. The van der Waals surface area contributed by atoms with Crippen LogP contribution < -0.4 is 18.9 Å². The molecule has 1 unspecified atom stereocenters. The van der Waals surface area contributed by atoms with Crippen molar-refractivity contribution in [3.05, 3.63) is 57.2 Å². The number of hydrogen-bond acceptors (Lipinski definition) is 8. The molecule has 1 fully saturated rings. The SMILES string of the molecule is COc1ccc([C@@H]2CC(=O)C3=C(C2)N=C(C)C(C(=O)OC2CCCC2)[C@H]3c2cc(Br)c(OC)c(OC)c2)cc1OC. The highest BCUT2D eigenvalue weighted by atomic mass is 79.9. The Bertz CT molecular complexity index is 1410. The number of hydrogen-bond donors (Lipinski definition) is 0. The Kier molecular flexibility index (Phi) is 8.73. The van der Waals surface area contributed by atoms with Crippen LogP contribution in [0.25, 0.3) is 0 Å². The molecule has 0 N–H and O–H groups in total. The van der Waals surface area contributed by atoms with E-state index in [1.54, 1.807) is 28.4 Å². The van der Waals surface area contributed by atoms with Gasteiger partial charge in [0.05, 0.1) is 32.9 Å². The quantitative estimate of drug-likeness (QED) is 0.307. The van der Waals surface area contributed by atoms with Crippen molar-refractivity contribution in [2.24, 2.45) is 10.9 Å². The molecule has 0 radical (unpaired) electrons. The van der Waals surface area contributed by atoms with E-state index >= 15 is 0 Å². The first-order chi connectivity index (χ1) is 19.8. The summed E-state index contributed by atoms with van der Waals surface area (Å²) in [4.78, 5) is 32.7. The van der Waals surface area contributed by atoms with Gasteiger partial charge in [-0.15, -0.1) is 0 Å². The summed E-state index contributed by atoms with van der Waals surface area (Å²) >= 11 is 3.60. The number of halogens is 1. The normalized spacial score (nSPS) is 22.6. The van der Waals surface area contributed by atoms with Crippen molar-refractivity contribution in [2.45, 2.75) is 63.4 Å². The van der Waals surface area contributed by atoms with E-state index in [0.717, 1.165) is 36.8 Å². The molecule has 5 rings (SSSR count). The lowest BCUT2D eigenvalue weighted by molar-refractivity contribution is -0.151. The Hall–Kier alpha value is -3.33. The number of nitrogens with zero attached hydrogens (tertiary/aromatic N) is 1. The van der Waals surface area contributed by atoms with Crippen molar-refractivity contribution in [1.29, 1.82) is 0 Å². The Morgan fingerprint density at radius 1 is 0.878 bits per heavy atom. The van der Waals surface area contributed by atoms with Crippen LogP contribution in [0.5, 0.6) is 23.0 Å². The van der Waals surface area contributed by atoms with Crippen LogP contribution in [0.1, 0.15) is 68.4 Å². The standard InChI is InChI=1S/C32H36BrNO7/c1-17-28(32(36)41-21-8-6-7-9-21)29(20-12-22(33)31(40-5)27(16-20)39-4)30-23(34-17)13-19(14-24(30)35)18-10-11-25(37-2)26(15-18)38-3/h10-12,15-16,19,21,28-29H,6-9,13-14H2,1-5H3/t19-,28?,29+/m0/s1. The summed E-state index contributed by atoms with van der Waals surface area (Å²) in [7, 11) is 6.33. The van der Waals surface area contributed by atoms with Crippen LogP contribution in [0.2, 0.25) is 0 Å². The number of rotatable bonds is 8. The van der Waals surface area contributed by atoms with Crippen molar-refractivity contribution >= 4 is 33.4 Å². The van der Waals surface area contributed by atoms with E-state index in [-0.39, 0.29) is 30.2 Å². The summed E-state index contributed by atoms with van der Waals surface area (Å²) in [5.74, 6) is 0.557. The van der Waals surface area contributed by atoms with Crippen molar-refractivity contribution in [1.82, 2.24) is 0 Å². The molecule has 218 valence electrons. The number of ketones is 1. The molecule has 0 aromatic heterocycles. The molecular formula is C32H36BrNO7. The van der Waals surface area contributed by atoms with E-state index < -0.39 is 11.8 Å². The van der Waals surface area contributed by atoms with Gasteiger partial charge in [0.25, 0.3) is 0 Å². The van der Waals surface area contributed by atoms with Gasteiger partial charge >= 0.3 is 5.97 Å². The number of carbonyl (C=O) groups excluding carboxylic acids is 2. The van der Waals surface area contributed by atoms with Crippen LogP contribution in [0.3, 0.4) is 0 Å². The molecule has 3 atom stereocenters. The van der Waals surface area contributed by atoms with Gasteiger partial charge in [-0.05, 0) is 96.3 Å². The van der Waals surface area contributed by atoms with Crippen LogP contribution in [0.4, 0.5) is 0 Å². The van der Waals surface area contributed by atoms with Gasteiger partial charge in [0, 0.05) is 29.3 Å². The fourth-order valence-corrected chi connectivity index (χ4v) is 7.05. The smallest absolute Gasteiger partial charge is 0.315 e. The average molecular weight is 627 g/mol. The number of esters is 1. The van der Waals surface area contributed by atoms with Crippen molar-refractivity contribution in [3.63, 3.8) is 0 Å². The fraction of sp³-hybridized carbons (Fsp3) is 0.469. The summed E-state index contributed by atoms with van der Waals surface area (Å²) in [6.07, 6.45) is 4.57. The van der Waals surface area contributed by atoms with Gasteiger partial charge < -0.3 is 23.7 Å². The van der Waals surface area contributed by atoms with Crippen LogP contribution in [-0.4, -0.2) is 52.0 Å². The minimum Gasteiger partial charge on any atom is -0.493 e. The molecule has 2 aromatic rings. The fourth-order valence-electron chi connectivity index (χ4n) is 6.43. The molecule has 2 aliphatic carbocycles. The molecule has 9 heteroatoms. The lowest BCUT2D eigenvalue weighted by atomic mass is 9.69. The van der Waals surface area contributed by atoms with E-state index in [0.29, 0.717) is 50.9 Å². The second kappa shape index (κ2) is 12.3. The molecule has 2 aromatic carbocycles. The molecule has 0 amide bonds. The molecule has 1 aliphatic heterocycles. The van der Waals surface area contributed by atoms with Crippen molar-refractivity contribution < 1.29 is 33.3 Å². The number of carbonyl (C=O) groups is 2. The number of benzene rings is 2. The van der Waals surface area contributed by atoms with Gasteiger partial charge in [-0.25, -0.2) is 0 Å². The van der Waals surface area contributed by atoms with Gasteiger partial charge in [-0.2, -0.15) is 0 Å². The first-order valence-corrected chi connectivity index (χ1v) is 14.7. The lowest BCUT2D eigenvalue weighted by Gasteiger charge is -2.37. The van der Waals surface area contributed by atoms with Crippen molar-refractivity contribution in [3.8, 4) is 23.0 Å². The van der Waals surface area contributed by atoms with Gasteiger partial charge in [0.15, 0.2) is 28.8 Å². The lowest BCUT2D eigenvalue weighted by Crippen LogP contribution is -2.39. The molecule has 0 spiro atoms. The minimum atomic E-state index is -0.721. The number of methoxy groups -OCH3 is 4. The summed E-state index contributed by atoms with van der Waals surface area (Å²) in [6.45, 7) is 1.86. The first-order valence-electron chi connectivity index (χ1n) is 13.9. The van der Waals surface area contributed by atoms with E-state index in [1.165, 1.54) is 0 Å². The van der Waals surface area contributed by atoms with E-state index in [9.17, 15) is 9.59 Å². The van der Waals surface area contributed by atoms with Crippen LogP contribution in [0, 0.1) is 5.92 Å². The third-order valence-corrected chi connectivity index (χ3v) is 9.01. The molecule has 3 aliphatic rings. The Balaban J connectivity index is 1.59. The summed E-state index contributed by atoms with van der Waals surface area (Å²) in [5, 5.41) is 0. The molecule has 8 nitrogen and oxygen atoms in total.